The van der Waals surface area contributed by atoms with Crippen molar-refractivity contribution in [2.45, 2.75) is 6.04 Å². The Balaban J connectivity index is 2.00. The predicted molar refractivity (Wildman–Crippen MR) is 66.0 cm³/mol. The van der Waals surface area contributed by atoms with Gasteiger partial charge in [-0.15, -0.1) is 0 Å². The summed E-state index contributed by atoms with van der Waals surface area (Å²) < 4.78 is 0. The summed E-state index contributed by atoms with van der Waals surface area (Å²) in [7, 11) is 0. The fourth-order valence-electron chi connectivity index (χ4n) is 2.27. The van der Waals surface area contributed by atoms with Gasteiger partial charge in [-0.05, 0) is 18.2 Å². The maximum Gasteiger partial charge on any atom is 0.335 e. The molecule has 2 aliphatic rings. The van der Waals surface area contributed by atoms with Gasteiger partial charge in [-0.1, -0.05) is 0 Å². The molecular formula is C12H13N3O3. The third kappa shape index (κ3) is 1.62. The third-order valence-corrected chi connectivity index (χ3v) is 3.33. The van der Waals surface area contributed by atoms with E-state index in [1.54, 1.807) is 17.0 Å². The number of amides is 1. The maximum absolute atomic E-state index is 11.9. The van der Waals surface area contributed by atoms with Crippen molar-refractivity contribution in [3.8, 4) is 0 Å². The van der Waals surface area contributed by atoms with Crippen molar-refractivity contribution in [3.05, 3.63) is 23.8 Å². The zero-order chi connectivity index (χ0) is 12.7. The summed E-state index contributed by atoms with van der Waals surface area (Å²) in [4.78, 5) is 24.6. The van der Waals surface area contributed by atoms with E-state index in [0.29, 0.717) is 5.69 Å². The first kappa shape index (κ1) is 11.0. The molecular weight excluding hydrogens is 234 g/mol. The third-order valence-electron chi connectivity index (χ3n) is 3.33. The number of carbonyl (C=O) groups excluding carboxylic acids is 1. The molecule has 0 unspecified atom stereocenters. The number of nitrogens with one attached hydrogen (secondary N) is 2. The number of fused-ring (bicyclic) bond motifs is 1. The zero-order valence-electron chi connectivity index (χ0n) is 9.64. The highest BCUT2D eigenvalue weighted by Gasteiger charge is 2.33. The van der Waals surface area contributed by atoms with Crippen LogP contribution >= 0.6 is 0 Å². The molecule has 3 N–H and O–H groups in total. The largest absolute Gasteiger partial charge is 0.478 e. The van der Waals surface area contributed by atoms with Crippen LogP contribution in [0, 0.1) is 0 Å². The van der Waals surface area contributed by atoms with Crippen LogP contribution in [-0.4, -0.2) is 42.7 Å². The summed E-state index contributed by atoms with van der Waals surface area (Å²) in [6.07, 6.45) is 0. The molecule has 2 aliphatic heterocycles. The van der Waals surface area contributed by atoms with Crippen LogP contribution in [0.15, 0.2) is 18.2 Å². The predicted octanol–water partition coefficient (Wildman–Crippen LogP) is 0.115. The van der Waals surface area contributed by atoms with Gasteiger partial charge in [0, 0.05) is 13.1 Å². The van der Waals surface area contributed by atoms with Gasteiger partial charge in [0.25, 0.3) is 0 Å². The number of hydrogen-bond acceptors (Lipinski definition) is 4. The average Bonchev–Trinajstić information content (AvgIpc) is 2.29. The Hall–Kier alpha value is -2.08. The van der Waals surface area contributed by atoms with E-state index in [2.05, 4.69) is 10.6 Å². The monoisotopic (exact) mass is 247 g/mol. The first-order valence-electron chi connectivity index (χ1n) is 5.81. The van der Waals surface area contributed by atoms with Gasteiger partial charge in [0.05, 0.1) is 29.5 Å². The van der Waals surface area contributed by atoms with Gasteiger partial charge in [-0.25, -0.2) is 4.79 Å². The first-order valence-corrected chi connectivity index (χ1v) is 5.81. The van der Waals surface area contributed by atoms with Crippen LogP contribution in [-0.2, 0) is 4.79 Å². The lowest BCUT2D eigenvalue weighted by Gasteiger charge is -2.41. The Morgan fingerprint density at radius 3 is 2.78 bits per heavy atom. The number of hydrogen-bond donors (Lipinski definition) is 3. The number of anilines is 2. The van der Waals surface area contributed by atoms with Crippen molar-refractivity contribution in [3.63, 3.8) is 0 Å². The lowest BCUT2D eigenvalue weighted by Crippen LogP contribution is -2.61. The summed E-state index contributed by atoms with van der Waals surface area (Å²) in [5, 5.41) is 15.0. The lowest BCUT2D eigenvalue weighted by molar-refractivity contribution is -0.117. The van der Waals surface area contributed by atoms with Gasteiger partial charge >= 0.3 is 5.97 Å². The molecule has 94 valence electrons. The smallest absolute Gasteiger partial charge is 0.335 e. The lowest BCUT2D eigenvalue weighted by atomic mass is 10.0. The molecule has 1 aromatic carbocycles. The molecule has 1 fully saturated rings. The van der Waals surface area contributed by atoms with Gasteiger partial charge in [-0.2, -0.15) is 0 Å². The van der Waals surface area contributed by atoms with E-state index in [1.807, 2.05) is 0 Å². The van der Waals surface area contributed by atoms with Crippen LogP contribution in [0.4, 0.5) is 11.4 Å². The molecule has 2 heterocycles. The van der Waals surface area contributed by atoms with Crippen LogP contribution in [0.25, 0.3) is 0 Å². The van der Waals surface area contributed by atoms with Gasteiger partial charge in [0.1, 0.15) is 0 Å². The van der Waals surface area contributed by atoms with Crippen molar-refractivity contribution in [2.75, 3.05) is 29.9 Å². The number of nitrogens with zero attached hydrogens (tertiary/aromatic N) is 1. The molecule has 0 aromatic heterocycles. The molecule has 0 radical (unpaired) electrons. The number of rotatable bonds is 2. The zero-order valence-corrected chi connectivity index (χ0v) is 9.64. The van der Waals surface area contributed by atoms with E-state index in [0.717, 1.165) is 18.8 Å². The Morgan fingerprint density at radius 1 is 1.39 bits per heavy atom. The van der Waals surface area contributed by atoms with Crippen LogP contribution in [0.1, 0.15) is 10.4 Å². The SMILES string of the molecule is O=C(O)c1ccc2c(c1)NCC(=O)N2C1CNC1. The summed E-state index contributed by atoms with van der Waals surface area (Å²) >= 11 is 0. The summed E-state index contributed by atoms with van der Waals surface area (Å²) in [5.74, 6) is -0.939. The maximum atomic E-state index is 11.9. The van der Waals surface area contributed by atoms with Gasteiger partial charge < -0.3 is 20.6 Å². The first-order chi connectivity index (χ1) is 8.66. The highest BCUT2D eigenvalue weighted by atomic mass is 16.4. The second-order valence-electron chi connectivity index (χ2n) is 4.47. The van der Waals surface area contributed by atoms with Crippen molar-refractivity contribution >= 4 is 23.3 Å². The standard InChI is InChI=1S/C12H13N3O3/c16-11-6-14-9-3-7(12(17)18)1-2-10(9)15(11)8-4-13-5-8/h1-3,8,13-14H,4-6H2,(H,17,18). The number of benzene rings is 1. The Bertz CT molecular complexity index is 525. The fraction of sp³-hybridized carbons (Fsp3) is 0.333. The quantitative estimate of drug-likeness (QED) is 0.691. The molecule has 1 saturated heterocycles. The second kappa shape index (κ2) is 3.99. The van der Waals surface area contributed by atoms with Gasteiger partial charge in [0.15, 0.2) is 0 Å². The van der Waals surface area contributed by atoms with Crippen LogP contribution in [0.2, 0.25) is 0 Å². The minimum Gasteiger partial charge on any atom is -0.478 e. The molecule has 0 atom stereocenters. The summed E-state index contributed by atoms with van der Waals surface area (Å²) in [5.41, 5.74) is 1.70. The minimum atomic E-state index is -0.964. The average molecular weight is 247 g/mol. The highest BCUT2D eigenvalue weighted by Crippen LogP contribution is 2.32. The topological polar surface area (TPSA) is 81.7 Å². The molecule has 18 heavy (non-hydrogen) atoms. The van der Waals surface area contributed by atoms with Crippen LogP contribution in [0.5, 0.6) is 0 Å². The van der Waals surface area contributed by atoms with E-state index >= 15 is 0 Å². The Kier molecular flexibility index (Phi) is 2.45. The molecule has 6 nitrogen and oxygen atoms in total. The molecule has 0 aliphatic carbocycles. The highest BCUT2D eigenvalue weighted by molar-refractivity contribution is 6.04. The molecule has 1 aromatic rings. The molecule has 0 saturated carbocycles. The van der Waals surface area contributed by atoms with E-state index in [1.165, 1.54) is 6.07 Å². The molecule has 1 amide bonds. The normalized spacial score (nSPS) is 18.9. The Morgan fingerprint density at radius 2 is 2.17 bits per heavy atom. The number of aromatic carboxylic acids is 1. The number of carboxylic acids is 1. The van der Waals surface area contributed by atoms with Gasteiger partial charge in [-0.3, -0.25) is 4.79 Å². The molecule has 6 heteroatoms. The van der Waals surface area contributed by atoms with E-state index in [-0.39, 0.29) is 24.1 Å². The fourth-order valence-corrected chi connectivity index (χ4v) is 2.27. The summed E-state index contributed by atoms with van der Waals surface area (Å²) in [6, 6.07) is 4.97. The van der Waals surface area contributed by atoms with Crippen molar-refractivity contribution in [1.29, 1.82) is 0 Å². The van der Waals surface area contributed by atoms with Crippen LogP contribution < -0.4 is 15.5 Å². The summed E-state index contributed by atoms with van der Waals surface area (Å²) in [6.45, 7) is 1.78. The number of carbonyl (C=O) groups is 2. The van der Waals surface area contributed by atoms with Gasteiger partial charge in [0.2, 0.25) is 5.91 Å². The molecule has 0 spiro atoms. The van der Waals surface area contributed by atoms with E-state index < -0.39 is 5.97 Å². The van der Waals surface area contributed by atoms with Crippen molar-refractivity contribution in [1.82, 2.24) is 5.32 Å². The van der Waals surface area contributed by atoms with Crippen molar-refractivity contribution < 1.29 is 14.7 Å². The number of carboxylic acid groups (broad SMARTS) is 1. The second-order valence-corrected chi connectivity index (χ2v) is 4.47. The van der Waals surface area contributed by atoms with Crippen molar-refractivity contribution in [2.24, 2.45) is 0 Å². The van der Waals surface area contributed by atoms with E-state index in [9.17, 15) is 9.59 Å². The molecule has 3 rings (SSSR count). The Labute approximate surface area is 104 Å². The minimum absolute atomic E-state index is 0.0251. The van der Waals surface area contributed by atoms with E-state index in [4.69, 9.17) is 5.11 Å². The molecule has 0 bridgehead atoms. The van der Waals surface area contributed by atoms with Crippen LogP contribution in [0.3, 0.4) is 0 Å².